The molecule has 0 bridgehead atoms. The number of nitrogens with zero attached hydrogens (tertiary/aromatic N) is 5. The van der Waals surface area contributed by atoms with Gasteiger partial charge < -0.3 is 5.84 Å². The van der Waals surface area contributed by atoms with Gasteiger partial charge in [0.1, 0.15) is 0 Å². The van der Waals surface area contributed by atoms with E-state index < -0.39 is 5.91 Å². The highest BCUT2D eigenvalue weighted by Crippen LogP contribution is 2.36. The van der Waals surface area contributed by atoms with Gasteiger partial charge in [0.05, 0.1) is 21.8 Å². The highest BCUT2D eigenvalue weighted by Gasteiger charge is 2.21. The molecular formula is C30H30Cl2N8O2S. The first-order valence-corrected chi connectivity index (χ1v) is 15.3. The number of hydrazone groups is 1. The number of amides is 3. The fraction of sp³-hybridized carbons (Fsp3) is 0.267. The lowest BCUT2D eigenvalue weighted by molar-refractivity contribution is 0.0976. The summed E-state index contributed by atoms with van der Waals surface area (Å²) >= 11 is 13.8. The van der Waals surface area contributed by atoms with Gasteiger partial charge in [-0.25, -0.2) is 9.78 Å². The van der Waals surface area contributed by atoms with E-state index in [4.69, 9.17) is 29.0 Å². The van der Waals surface area contributed by atoms with E-state index in [2.05, 4.69) is 43.1 Å². The summed E-state index contributed by atoms with van der Waals surface area (Å²) in [4.78, 5) is 32.5. The van der Waals surface area contributed by atoms with Gasteiger partial charge >= 0.3 is 6.03 Å². The van der Waals surface area contributed by atoms with E-state index in [1.54, 1.807) is 41.3 Å². The van der Waals surface area contributed by atoms with E-state index in [9.17, 15) is 9.59 Å². The number of benzene rings is 3. The van der Waals surface area contributed by atoms with Crippen LogP contribution < -0.4 is 21.4 Å². The topological polar surface area (TPSA) is 137 Å². The van der Waals surface area contributed by atoms with Crippen LogP contribution >= 0.6 is 34.5 Å². The standard InChI is InChI=1S/C30H30Cl2N8O2S/c1-34-39-28(38-33)36-27(41)21-9-7-18(8-10-21)17-40(23-13-11-20(12-14-23)19-5-3-2-4-6-19)30(42)37-29-35-25-16-22(31)15-24(32)26(25)43-29/h7-16,19H,2-6,17,33H2,1H3,(H,35,37,42)(H,36,38,41). The largest absolute Gasteiger partial charge is 0.328 e. The van der Waals surface area contributed by atoms with E-state index in [1.807, 2.05) is 12.1 Å². The summed E-state index contributed by atoms with van der Waals surface area (Å²) in [7, 11) is 1.44. The Morgan fingerprint density at radius 1 is 1.05 bits per heavy atom. The Hall–Kier alpha value is -4.06. The average molecular weight is 638 g/mol. The summed E-state index contributed by atoms with van der Waals surface area (Å²) < 4.78 is 0.738. The predicted molar refractivity (Wildman–Crippen MR) is 173 cm³/mol. The third kappa shape index (κ3) is 7.48. The molecule has 0 unspecified atom stereocenters. The van der Waals surface area contributed by atoms with Crippen LogP contribution in [0.5, 0.6) is 0 Å². The Labute approximate surface area is 263 Å². The van der Waals surface area contributed by atoms with Gasteiger partial charge in [-0.2, -0.15) is 5.11 Å². The Morgan fingerprint density at radius 2 is 1.77 bits per heavy atom. The second kappa shape index (κ2) is 13.9. The second-order valence-corrected chi connectivity index (χ2v) is 11.9. The minimum atomic E-state index is -0.439. The van der Waals surface area contributed by atoms with E-state index in [0.717, 1.165) is 16.0 Å². The summed E-state index contributed by atoms with van der Waals surface area (Å²) in [6.07, 6.45) is 6.16. The molecule has 3 aromatic carbocycles. The zero-order chi connectivity index (χ0) is 30.3. The first-order chi connectivity index (χ1) is 20.8. The smallest absolute Gasteiger partial charge is 0.320 e. The molecule has 10 nitrogen and oxygen atoms in total. The molecule has 0 aliphatic heterocycles. The third-order valence-corrected chi connectivity index (χ3v) is 8.90. The van der Waals surface area contributed by atoms with Gasteiger partial charge in [-0.15, -0.1) is 10.2 Å². The number of thiazole rings is 1. The molecule has 4 aromatic rings. The number of halogens is 2. The van der Waals surface area contributed by atoms with Crippen molar-refractivity contribution in [3.8, 4) is 0 Å². The molecule has 0 radical (unpaired) electrons. The average Bonchev–Trinajstić information content (AvgIpc) is 3.43. The van der Waals surface area contributed by atoms with E-state index in [1.165, 1.54) is 56.1 Å². The molecule has 43 heavy (non-hydrogen) atoms. The number of azo groups is 1. The van der Waals surface area contributed by atoms with Crippen LogP contribution in [0.1, 0.15) is 59.5 Å². The maximum Gasteiger partial charge on any atom is 0.328 e. The number of carbonyl (C=O) groups is 2. The molecule has 13 heteroatoms. The summed E-state index contributed by atoms with van der Waals surface area (Å²) in [6, 6.07) is 18.1. The van der Waals surface area contributed by atoms with Gasteiger partial charge in [-0.1, -0.05) is 78.1 Å². The second-order valence-electron chi connectivity index (χ2n) is 10.1. The normalized spacial score (nSPS) is 14.3. The van der Waals surface area contributed by atoms with Crippen LogP contribution in [0.2, 0.25) is 10.0 Å². The van der Waals surface area contributed by atoms with Crippen molar-refractivity contribution in [2.24, 2.45) is 21.2 Å². The number of hydrogen-bond acceptors (Lipinski definition) is 7. The highest BCUT2D eigenvalue weighted by atomic mass is 35.5. The maximum absolute atomic E-state index is 13.7. The summed E-state index contributed by atoms with van der Waals surface area (Å²) in [5.41, 5.74) is 3.81. The molecule has 4 N–H and O–H groups in total. The zero-order valence-corrected chi connectivity index (χ0v) is 25.7. The van der Waals surface area contributed by atoms with Crippen LogP contribution in [0, 0.1) is 0 Å². The first kappa shape index (κ1) is 30.4. The molecule has 1 aliphatic carbocycles. The predicted octanol–water partition coefficient (Wildman–Crippen LogP) is 7.93. The summed E-state index contributed by atoms with van der Waals surface area (Å²) in [6.45, 7) is 0.244. The van der Waals surface area contributed by atoms with Crippen molar-refractivity contribution in [2.45, 2.75) is 44.6 Å². The molecular weight excluding hydrogens is 607 g/mol. The number of hydrogen-bond donors (Lipinski definition) is 3. The lowest BCUT2D eigenvalue weighted by Gasteiger charge is -2.25. The number of carbonyl (C=O) groups excluding carboxylic acids is 2. The quantitative estimate of drug-likeness (QED) is 0.0650. The molecule has 5 rings (SSSR count). The van der Waals surface area contributed by atoms with Crippen molar-refractivity contribution in [3.63, 3.8) is 0 Å². The number of anilines is 2. The van der Waals surface area contributed by atoms with Crippen molar-refractivity contribution in [1.29, 1.82) is 0 Å². The van der Waals surface area contributed by atoms with Gasteiger partial charge in [0.25, 0.3) is 11.9 Å². The van der Waals surface area contributed by atoms with Crippen molar-refractivity contribution in [1.82, 2.24) is 10.3 Å². The van der Waals surface area contributed by atoms with Gasteiger partial charge in [0.2, 0.25) is 0 Å². The minimum Gasteiger partial charge on any atom is -0.320 e. The summed E-state index contributed by atoms with van der Waals surface area (Å²) in [5.74, 6) is 5.26. The van der Waals surface area contributed by atoms with Crippen LogP contribution in [0.3, 0.4) is 0 Å². The zero-order valence-electron chi connectivity index (χ0n) is 23.4. The molecule has 0 spiro atoms. The van der Waals surface area contributed by atoms with Crippen molar-refractivity contribution in [2.75, 3.05) is 17.3 Å². The number of rotatable bonds is 6. The molecule has 0 saturated heterocycles. The Bertz CT molecular complexity index is 1670. The number of urea groups is 1. The van der Waals surface area contributed by atoms with Gasteiger partial charge in [0.15, 0.2) is 5.13 Å². The van der Waals surface area contributed by atoms with E-state index in [0.29, 0.717) is 32.2 Å². The number of nitrogens with two attached hydrogens (primary N) is 1. The molecule has 1 aromatic heterocycles. The lowest BCUT2D eigenvalue weighted by Crippen LogP contribution is -2.34. The van der Waals surface area contributed by atoms with Crippen molar-refractivity contribution >= 4 is 73.5 Å². The van der Waals surface area contributed by atoms with E-state index in [-0.39, 0.29) is 18.5 Å². The number of aromatic nitrogens is 1. The van der Waals surface area contributed by atoms with Crippen LogP contribution in [0.4, 0.5) is 15.6 Å². The van der Waals surface area contributed by atoms with Crippen LogP contribution in [0.25, 0.3) is 10.2 Å². The molecule has 0 atom stereocenters. The summed E-state index contributed by atoms with van der Waals surface area (Å²) in [5, 5.41) is 17.4. The molecule has 3 amide bonds. The van der Waals surface area contributed by atoms with Crippen LogP contribution in [-0.2, 0) is 6.54 Å². The Morgan fingerprint density at radius 3 is 2.44 bits per heavy atom. The maximum atomic E-state index is 13.7. The first-order valence-electron chi connectivity index (χ1n) is 13.8. The van der Waals surface area contributed by atoms with Crippen molar-refractivity contribution in [3.05, 3.63) is 87.4 Å². The fourth-order valence-electron chi connectivity index (χ4n) is 5.11. The van der Waals surface area contributed by atoms with E-state index >= 15 is 0 Å². The van der Waals surface area contributed by atoms with Crippen LogP contribution in [-0.4, -0.2) is 29.9 Å². The molecule has 1 saturated carbocycles. The third-order valence-electron chi connectivity index (χ3n) is 7.25. The van der Waals surface area contributed by atoms with Gasteiger partial charge in [-0.05, 0) is 66.3 Å². The number of guanidine groups is 1. The highest BCUT2D eigenvalue weighted by molar-refractivity contribution is 7.23. The van der Waals surface area contributed by atoms with Crippen LogP contribution in [0.15, 0.2) is 76.0 Å². The monoisotopic (exact) mass is 636 g/mol. The SMILES string of the molecule is CN=NC(=NN)NC(=O)c1ccc(CN(C(=O)Nc2nc3cc(Cl)cc(Cl)c3s2)c2ccc(C3CCCCC3)cc2)cc1. The lowest BCUT2D eigenvalue weighted by atomic mass is 9.84. The number of nitrogens with one attached hydrogen (secondary N) is 2. The molecule has 1 heterocycles. The Balaban J connectivity index is 1.38. The Kier molecular flexibility index (Phi) is 9.86. The fourth-order valence-corrected chi connectivity index (χ4v) is 6.55. The molecule has 1 aliphatic rings. The molecule has 1 fully saturated rings. The number of fused-ring (bicyclic) bond motifs is 1. The molecule has 222 valence electrons. The minimum absolute atomic E-state index is 0.102. The van der Waals surface area contributed by atoms with Crippen molar-refractivity contribution < 1.29 is 9.59 Å². The van der Waals surface area contributed by atoms with Gasteiger partial charge in [0, 0.05) is 23.3 Å². The van der Waals surface area contributed by atoms with Gasteiger partial charge in [-0.3, -0.25) is 20.3 Å².